The predicted molar refractivity (Wildman–Crippen MR) is 52.8 cm³/mol. The van der Waals surface area contributed by atoms with Crippen molar-refractivity contribution in [2.45, 2.75) is 32.1 Å². The van der Waals surface area contributed by atoms with Gasteiger partial charge in [-0.3, -0.25) is 4.79 Å². The van der Waals surface area contributed by atoms with Gasteiger partial charge in [-0.2, -0.15) is 5.10 Å². The zero-order valence-corrected chi connectivity index (χ0v) is 8.28. The smallest absolute Gasteiger partial charge is 0.248 e. The summed E-state index contributed by atoms with van der Waals surface area (Å²) in [6.45, 7) is 0.336. The lowest BCUT2D eigenvalue weighted by Crippen LogP contribution is -2.23. The third-order valence-corrected chi connectivity index (χ3v) is 3.01. The Labute approximate surface area is 83.6 Å². The molecule has 78 valence electrons. The zero-order chi connectivity index (χ0) is 9.97. The third kappa shape index (κ3) is 1.80. The largest absolute Gasteiger partial charge is 0.394 e. The van der Waals surface area contributed by atoms with Gasteiger partial charge in [-0.1, -0.05) is 12.8 Å². The van der Waals surface area contributed by atoms with E-state index in [1.165, 1.54) is 30.7 Å². The van der Waals surface area contributed by atoms with Crippen LogP contribution in [0.4, 0.5) is 0 Å². The molecular weight excluding hydrogens is 180 g/mol. The Morgan fingerprint density at radius 1 is 1.43 bits per heavy atom. The van der Waals surface area contributed by atoms with Crippen LogP contribution in [0.5, 0.6) is 0 Å². The van der Waals surface area contributed by atoms with E-state index in [-0.39, 0.29) is 12.5 Å². The molecule has 0 spiro atoms. The van der Waals surface area contributed by atoms with Gasteiger partial charge < -0.3 is 5.11 Å². The zero-order valence-electron chi connectivity index (χ0n) is 8.28. The van der Waals surface area contributed by atoms with Crippen molar-refractivity contribution in [3.8, 4) is 0 Å². The quantitative estimate of drug-likeness (QED) is 0.724. The molecule has 0 aromatic rings. The number of nitrogens with zero attached hydrogens (tertiary/aromatic N) is 2. The number of amides is 1. The van der Waals surface area contributed by atoms with E-state index in [1.54, 1.807) is 0 Å². The van der Waals surface area contributed by atoms with Crippen molar-refractivity contribution in [1.29, 1.82) is 0 Å². The number of rotatable bonds is 3. The number of carbonyl (C=O) groups is 1. The molecule has 1 amide bonds. The van der Waals surface area contributed by atoms with Crippen LogP contribution in [0, 0.1) is 5.92 Å². The Bertz CT molecular complexity index is 257. The van der Waals surface area contributed by atoms with Gasteiger partial charge in [0.05, 0.1) is 25.3 Å². The van der Waals surface area contributed by atoms with Gasteiger partial charge in [0.1, 0.15) is 0 Å². The van der Waals surface area contributed by atoms with Crippen LogP contribution in [0.3, 0.4) is 0 Å². The maximum Gasteiger partial charge on any atom is 0.248 e. The summed E-state index contributed by atoms with van der Waals surface area (Å²) in [5, 5.41) is 14.4. The van der Waals surface area contributed by atoms with Crippen molar-refractivity contribution in [3.63, 3.8) is 0 Å². The first-order valence-corrected chi connectivity index (χ1v) is 5.30. The summed E-state index contributed by atoms with van der Waals surface area (Å²) in [6, 6.07) is 0. The highest BCUT2D eigenvalue weighted by atomic mass is 16.3. The first-order valence-electron chi connectivity index (χ1n) is 5.30. The molecule has 1 fully saturated rings. The number of β-amino-alcohol motifs (C(OH)–C–C–N with tert-alkyl or cyclic N) is 1. The molecule has 14 heavy (non-hydrogen) atoms. The molecule has 4 nitrogen and oxygen atoms in total. The summed E-state index contributed by atoms with van der Waals surface area (Å²) < 4.78 is 0. The SMILES string of the molecule is O=C1CC(C2CCCC2)=NN1CCO. The van der Waals surface area contributed by atoms with Crippen LogP contribution in [0.2, 0.25) is 0 Å². The Morgan fingerprint density at radius 3 is 2.79 bits per heavy atom. The van der Waals surface area contributed by atoms with Crippen LogP contribution in [0.25, 0.3) is 0 Å². The van der Waals surface area contributed by atoms with Gasteiger partial charge in [0.25, 0.3) is 0 Å². The number of aliphatic hydroxyl groups is 1. The van der Waals surface area contributed by atoms with Crippen LogP contribution in [0.15, 0.2) is 5.10 Å². The second kappa shape index (κ2) is 4.09. The second-order valence-electron chi connectivity index (χ2n) is 3.99. The Hall–Kier alpha value is -0.900. The molecule has 2 aliphatic rings. The molecule has 0 bridgehead atoms. The van der Waals surface area contributed by atoms with Crippen LogP contribution < -0.4 is 0 Å². The van der Waals surface area contributed by atoms with Crippen molar-refractivity contribution in [2.24, 2.45) is 11.0 Å². The maximum absolute atomic E-state index is 11.4. The Morgan fingerprint density at radius 2 is 2.14 bits per heavy atom. The average Bonchev–Trinajstić information content (AvgIpc) is 2.76. The molecule has 1 saturated carbocycles. The first kappa shape index (κ1) is 9.65. The highest BCUT2D eigenvalue weighted by Gasteiger charge is 2.30. The highest BCUT2D eigenvalue weighted by Crippen LogP contribution is 2.29. The summed E-state index contributed by atoms with van der Waals surface area (Å²) in [7, 11) is 0. The number of carbonyl (C=O) groups excluding carboxylic acids is 1. The van der Waals surface area contributed by atoms with Gasteiger partial charge in [-0.15, -0.1) is 0 Å². The van der Waals surface area contributed by atoms with Crippen molar-refractivity contribution >= 4 is 11.6 Å². The standard InChI is InChI=1S/C10H16N2O2/c13-6-5-12-10(14)7-9(11-12)8-3-1-2-4-8/h8,13H,1-7H2. The topological polar surface area (TPSA) is 52.9 Å². The summed E-state index contributed by atoms with van der Waals surface area (Å²) in [6.07, 6.45) is 5.36. The number of hydrogen-bond acceptors (Lipinski definition) is 3. The molecule has 1 aliphatic carbocycles. The molecule has 0 saturated heterocycles. The molecule has 0 aromatic heterocycles. The molecule has 1 N–H and O–H groups in total. The lowest BCUT2D eigenvalue weighted by Gasteiger charge is -2.08. The van der Waals surface area contributed by atoms with E-state index in [9.17, 15) is 4.79 Å². The van der Waals surface area contributed by atoms with E-state index in [2.05, 4.69) is 5.10 Å². The van der Waals surface area contributed by atoms with Gasteiger partial charge in [0.2, 0.25) is 5.91 Å². The minimum atomic E-state index is -0.00676. The third-order valence-electron chi connectivity index (χ3n) is 3.01. The average molecular weight is 196 g/mol. The summed E-state index contributed by atoms with van der Waals surface area (Å²) in [5.41, 5.74) is 1.04. The summed E-state index contributed by atoms with van der Waals surface area (Å²) >= 11 is 0. The number of hydrazone groups is 1. The molecule has 0 unspecified atom stereocenters. The molecule has 1 aliphatic heterocycles. The predicted octanol–water partition coefficient (Wildman–Crippen LogP) is 0.757. The maximum atomic E-state index is 11.4. The van der Waals surface area contributed by atoms with Gasteiger partial charge in [0.15, 0.2) is 0 Å². The van der Waals surface area contributed by atoms with Crippen LogP contribution >= 0.6 is 0 Å². The Kier molecular flexibility index (Phi) is 2.82. The van der Waals surface area contributed by atoms with E-state index >= 15 is 0 Å². The first-order chi connectivity index (χ1) is 6.81. The fourth-order valence-electron chi connectivity index (χ4n) is 2.25. The normalized spacial score (nSPS) is 23.4. The highest BCUT2D eigenvalue weighted by molar-refractivity contribution is 6.06. The second-order valence-corrected chi connectivity index (χ2v) is 3.99. The van der Waals surface area contributed by atoms with Crippen molar-refractivity contribution in [3.05, 3.63) is 0 Å². The summed E-state index contributed by atoms with van der Waals surface area (Å²) in [4.78, 5) is 11.4. The molecule has 0 aromatic carbocycles. The molecule has 1 heterocycles. The minimum absolute atomic E-state index is 0.00676. The van der Waals surface area contributed by atoms with Crippen LogP contribution in [-0.2, 0) is 4.79 Å². The lowest BCUT2D eigenvalue weighted by molar-refractivity contribution is -0.129. The molecule has 2 rings (SSSR count). The van der Waals surface area contributed by atoms with E-state index in [4.69, 9.17) is 5.11 Å². The number of aliphatic hydroxyl groups excluding tert-OH is 1. The molecule has 4 heteroatoms. The van der Waals surface area contributed by atoms with Gasteiger partial charge in [-0.05, 0) is 18.8 Å². The van der Waals surface area contributed by atoms with Gasteiger partial charge in [0, 0.05) is 0 Å². The molecular formula is C10H16N2O2. The Balaban J connectivity index is 1.99. The van der Waals surface area contributed by atoms with Crippen LogP contribution in [0.1, 0.15) is 32.1 Å². The fraction of sp³-hybridized carbons (Fsp3) is 0.800. The van der Waals surface area contributed by atoms with Crippen molar-refractivity contribution in [2.75, 3.05) is 13.2 Å². The lowest BCUT2D eigenvalue weighted by atomic mass is 10.00. The van der Waals surface area contributed by atoms with E-state index in [0.29, 0.717) is 18.9 Å². The van der Waals surface area contributed by atoms with Crippen LogP contribution in [-0.4, -0.2) is 34.9 Å². The van der Waals surface area contributed by atoms with Crippen molar-refractivity contribution in [1.82, 2.24) is 5.01 Å². The summed E-state index contributed by atoms with van der Waals surface area (Å²) in [5.74, 6) is 0.573. The van der Waals surface area contributed by atoms with Crippen molar-refractivity contribution < 1.29 is 9.90 Å². The monoisotopic (exact) mass is 196 g/mol. The van der Waals surface area contributed by atoms with E-state index in [0.717, 1.165) is 5.71 Å². The minimum Gasteiger partial charge on any atom is -0.394 e. The van der Waals surface area contributed by atoms with Gasteiger partial charge in [-0.25, -0.2) is 5.01 Å². The molecule has 0 atom stereocenters. The van der Waals surface area contributed by atoms with E-state index < -0.39 is 0 Å². The fourth-order valence-corrected chi connectivity index (χ4v) is 2.25. The number of hydrogen-bond donors (Lipinski definition) is 1. The van der Waals surface area contributed by atoms with E-state index in [1.807, 2.05) is 0 Å². The van der Waals surface area contributed by atoms with Gasteiger partial charge >= 0.3 is 0 Å². The molecule has 0 radical (unpaired) electrons.